The Kier molecular flexibility index (Phi) is 8.74. The van der Waals surface area contributed by atoms with Crippen LogP contribution in [-0.2, 0) is 4.74 Å². The molecule has 3 heterocycles. The van der Waals surface area contributed by atoms with Crippen molar-refractivity contribution in [3.8, 4) is 5.75 Å². The van der Waals surface area contributed by atoms with Crippen LogP contribution in [0.15, 0.2) is 29.3 Å². The van der Waals surface area contributed by atoms with Crippen LogP contribution in [0.2, 0.25) is 0 Å². The maximum absolute atomic E-state index is 5.77. The lowest BCUT2D eigenvalue weighted by molar-refractivity contribution is 0.171. The Balaban J connectivity index is 1.77. The van der Waals surface area contributed by atoms with E-state index in [1.54, 1.807) is 7.11 Å². The molecule has 0 aliphatic carbocycles. The zero-order valence-corrected chi connectivity index (χ0v) is 22.1. The first kappa shape index (κ1) is 25.6. The van der Waals surface area contributed by atoms with E-state index in [2.05, 4.69) is 42.7 Å². The predicted octanol–water partition coefficient (Wildman–Crippen LogP) is 4.82. The van der Waals surface area contributed by atoms with Crippen molar-refractivity contribution in [3.63, 3.8) is 0 Å². The lowest BCUT2D eigenvalue weighted by Crippen LogP contribution is -2.46. The van der Waals surface area contributed by atoms with E-state index in [1.165, 1.54) is 0 Å². The van der Waals surface area contributed by atoms with E-state index >= 15 is 0 Å². The van der Waals surface area contributed by atoms with Gasteiger partial charge in [0.25, 0.3) is 0 Å². The molecule has 0 N–H and O–H groups in total. The molecule has 2 aliphatic heterocycles. The number of nitrogens with zero attached hydrogens (tertiary/aromatic N) is 5. The predicted molar refractivity (Wildman–Crippen MR) is 142 cm³/mol. The number of methoxy groups -OCH3 is 1. The number of anilines is 1. The Labute approximate surface area is 210 Å². The van der Waals surface area contributed by atoms with Gasteiger partial charge in [0, 0.05) is 45.0 Å². The molecule has 2 atom stereocenters. The van der Waals surface area contributed by atoms with Gasteiger partial charge >= 0.3 is 0 Å². The molecule has 0 saturated carbocycles. The molecule has 0 radical (unpaired) electrons. The minimum absolute atomic E-state index is 0.504. The number of aliphatic imine (C=N–C) groups is 1. The minimum atomic E-state index is 0.504. The second kappa shape index (κ2) is 12.0. The molecule has 2 fully saturated rings. The smallest absolute Gasteiger partial charge is 0.158 e. The second-order valence-corrected chi connectivity index (χ2v) is 9.70. The van der Waals surface area contributed by atoms with Crippen LogP contribution in [0.4, 0.5) is 11.5 Å². The first-order valence-electron chi connectivity index (χ1n) is 13.1. The topological polar surface area (TPSA) is 63.1 Å². The number of benzene rings is 1. The summed E-state index contributed by atoms with van der Waals surface area (Å²) in [5, 5.41) is 0. The molecule has 7 nitrogen and oxygen atoms in total. The number of para-hydroxylation sites is 1. The van der Waals surface area contributed by atoms with Gasteiger partial charge < -0.3 is 19.3 Å². The standard InChI is InChI=1S/C28H41N5O2/c1-6-22(23-12-17-35-19-23)18-25(24-10-8-9-11-26(24)34-5)31-27-20(3)29-21(4)30-28(27)33-15-13-32(7-2)14-16-33/h8-11,22-23H,6-7,12-19H2,1-5H3. The van der Waals surface area contributed by atoms with Gasteiger partial charge in [0.2, 0.25) is 0 Å². The third kappa shape index (κ3) is 6.01. The van der Waals surface area contributed by atoms with Gasteiger partial charge in [0.15, 0.2) is 5.82 Å². The normalized spacial score (nSPS) is 20.3. The zero-order chi connectivity index (χ0) is 24.8. The fourth-order valence-corrected chi connectivity index (χ4v) is 5.37. The Bertz CT molecular complexity index is 1010. The lowest BCUT2D eigenvalue weighted by atomic mass is 9.83. The number of aromatic nitrogens is 2. The highest BCUT2D eigenvalue weighted by molar-refractivity contribution is 6.05. The first-order valence-corrected chi connectivity index (χ1v) is 13.1. The van der Waals surface area contributed by atoms with E-state index in [9.17, 15) is 0 Å². The van der Waals surface area contributed by atoms with Crippen LogP contribution in [0, 0.1) is 25.7 Å². The van der Waals surface area contributed by atoms with Crippen molar-refractivity contribution in [3.05, 3.63) is 41.3 Å². The van der Waals surface area contributed by atoms with E-state index in [0.29, 0.717) is 11.8 Å². The summed E-state index contributed by atoms with van der Waals surface area (Å²) in [7, 11) is 1.73. The van der Waals surface area contributed by atoms with E-state index in [-0.39, 0.29) is 0 Å². The van der Waals surface area contributed by atoms with Gasteiger partial charge in [-0.1, -0.05) is 32.4 Å². The molecule has 0 spiro atoms. The largest absolute Gasteiger partial charge is 0.496 e. The molecular formula is C28H41N5O2. The summed E-state index contributed by atoms with van der Waals surface area (Å²) in [6.07, 6.45) is 3.09. The summed E-state index contributed by atoms with van der Waals surface area (Å²) in [5.41, 5.74) is 3.91. The number of hydrogen-bond donors (Lipinski definition) is 0. The second-order valence-electron chi connectivity index (χ2n) is 9.70. The Hall–Kier alpha value is -2.51. The highest BCUT2D eigenvalue weighted by atomic mass is 16.5. The van der Waals surface area contributed by atoms with Gasteiger partial charge in [-0.15, -0.1) is 0 Å². The third-order valence-corrected chi connectivity index (χ3v) is 7.55. The Morgan fingerprint density at radius 3 is 2.57 bits per heavy atom. The van der Waals surface area contributed by atoms with E-state index in [1.807, 2.05) is 19.1 Å². The SMILES string of the molecule is CCC(CC(=Nc1c(C)nc(C)nc1N1CCN(CC)CC1)c1ccccc1OC)C1CCOC1. The van der Waals surface area contributed by atoms with Crippen LogP contribution in [-0.4, -0.2) is 73.6 Å². The highest BCUT2D eigenvalue weighted by Crippen LogP contribution is 2.35. The van der Waals surface area contributed by atoms with Crippen molar-refractivity contribution in [2.24, 2.45) is 16.8 Å². The van der Waals surface area contributed by atoms with Crippen molar-refractivity contribution < 1.29 is 9.47 Å². The van der Waals surface area contributed by atoms with Crippen molar-refractivity contribution in [1.82, 2.24) is 14.9 Å². The molecule has 7 heteroatoms. The Morgan fingerprint density at radius 1 is 1.14 bits per heavy atom. The van der Waals surface area contributed by atoms with Crippen LogP contribution in [0.3, 0.4) is 0 Å². The quantitative estimate of drug-likeness (QED) is 0.481. The van der Waals surface area contributed by atoms with E-state index < -0.39 is 0 Å². The zero-order valence-electron chi connectivity index (χ0n) is 22.1. The summed E-state index contributed by atoms with van der Waals surface area (Å²) in [5.74, 6) is 3.67. The fraction of sp³-hybridized carbons (Fsp3) is 0.607. The number of ether oxygens (including phenoxy) is 2. The molecular weight excluding hydrogens is 438 g/mol. The summed E-state index contributed by atoms with van der Waals surface area (Å²) in [6, 6.07) is 8.23. The average Bonchev–Trinajstić information content (AvgIpc) is 3.42. The fourth-order valence-electron chi connectivity index (χ4n) is 5.37. The van der Waals surface area contributed by atoms with Gasteiger partial charge in [-0.2, -0.15) is 0 Å². The summed E-state index contributed by atoms with van der Waals surface area (Å²) >= 11 is 0. The van der Waals surface area contributed by atoms with Gasteiger partial charge in [0.05, 0.1) is 18.5 Å². The number of aryl methyl sites for hydroxylation is 2. The van der Waals surface area contributed by atoms with Gasteiger partial charge in [0.1, 0.15) is 17.3 Å². The monoisotopic (exact) mass is 479 g/mol. The molecule has 2 aliphatic rings. The van der Waals surface area contributed by atoms with Crippen LogP contribution >= 0.6 is 0 Å². The van der Waals surface area contributed by atoms with Gasteiger partial charge in [-0.25, -0.2) is 15.0 Å². The van der Waals surface area contributed by atoms with Crippen LogP contribution in [0.1, 0.15) is 50.2 Å². The van der Waals surface area contributed by atoms with Crippen molar-refractivity contribution >= 4 is 17.2 Å². The van der Waals surface area contributed by atoms with Gasteiger partial charge in [-0.05, 0) is 57.2 Å². The molecule has 35 heavy (non-hydrogen) atoms. The summed E-state index contributed by atoms with van der Waals surface area (Å²) in [4.78, 5) is 19.9. The molecule has 4 rings (SSSR count). The molecule has 1 aromatic carbocycles. The maximum Gasteiger partial charge on any atom is 0.158 e. The van der Waals surface area contributed by atoms with Crippen LogP contribution < -0.4 is 9.64 Å². The maximum atomic E-state index is 5.77. The van der Waals surface area contributed by atoms with Crippen molar-refractivity contribution in [1.29, 1.82) is 0 Å². The molecule has 2 aromatic rings. The van der Waals surface area contributed by atoms with Crippen LogP contribution in [0.5, 0.6) is 5.75 Å². The van der Waals surface area contributed by atoms with E-state index in [4.69, 9.17) is 24.4 Å². The molecule has 2 unspecified atom stereocenters. The van der Waals surface area contributed by atoms with Crippen molar-refractivity contribution in [2.75, 3.05) is 57.9 Å². The van der Waals surface area contributed by atoms with Crippen molar-refractivity contribution in [2.45, 2.75) is 47.0 Å². The average molecular weight is 480 g/mol. The lowest BCUT2D eigenvalue weighted by Gasteiger charge is -2.35. The highest BCUT2D eigenvalue weighted by Gasteiger charge is 2.28. The number of rotatable bonds is 9. The van der Waals surface area contributed by atoms with Crippen LogP contribution in [0.25, 0.3) is 0 Å². The molecule has 1 aromatic heterocycles. The van der Waals surface area contributed by atoms with E-state index in [0.717, 1.165) is 105 Å². The molecule has 0 bridgehead atoms. The number of hydrogen-bond acceptors (Lipinski definition) is 7. The minimum Gasteiger partial charge on any atom is -0.496 e. The molecule has 2 saturated heterocycles. The van der Waals surface area contributed by atoms with Gasteiger partial charge in [-0.3, -0.25) is 0 Å². The first-order chi connectivity index (χ1) is 17.0. The molecule has 190 valence electrons. The number of piperazine rings is 1. The summed E-state index contributed by atoms with van der Waals surface area (Å²) < 4.78 is 11.5. The third-order valence-electron chi connectivity index (χ3n) is 7.55. The molecule has 0 amide bonds. The Morgan fingerprint density at radius 2 is 1.91 bits per heavy atom. The summed E-state index contributed by atoms with van der Waals surface area (Å²) in [6.45, 7) is 15.3. The number of likely N-dealkylation sites (N-methyl/N-ethyl adjacent to an activating group) is 1.